The minimum atomic E-state index is -1.01. The molecule has 0 bridgehead atoms. The van der Waals surface area contributed by atoms with E-state index >= 15 is 0 Å². The zero-order chi connectivity index (χ0) is 13.5. The number of amides is 1. The molecule has 98 valence electrons. The SMILES string of the molecule is CC(NC(=O)C1CC1(Cl)Cl)c1ccc(F)cc1F. The molecule has 1 amide bonds. The van der Waals surface area contributed by atoms with Crippen molar-refractivity contribution in [1.82, 2.24) is 5.32 Å². The van der Waals surface area contributed by atoms with Gasteiger partial charge >= 0.3 is 0 Å². The Kier molecular flexibility index (Phi) is 3.52. The van der Waals surface area contributed by atoms with Crippen LogP contribution in [0.3, 0.4) is 0 Å². The molecule has 2 unspecified atom stereocenters. The van der Waals surface area contributed by atoms with Gasteiger partial charge in [-0.2, -0.15) is 0 Å². The van der Waals surface area contributed by atoms with Crippen molar-refractivity contribution < 1.29 is 13.6 Å². The normalized spacial score (nSPS) is 22.4. The third-order valence-corrected chi connectivity index (χ3v) is 3.77. The Morgan fingerprint density at radius 2 is 2.11 bits per heavy atom. The van der Waals surface area contributed by atoms with Crippen LogP contribution in [0.2, 0.25) is 0 Å². The smallest absolute Gasteiger partial charge is 0.226 e. The summed E-state index contributed by atoms with van der Waals surface area (Å²) in [5, 5.41) is 2.60. The lowest BCUT2D eigenvalue weighted by Crippen LogP contribution is -2.30. The van der Waals surface area contributed by atoms with Gasteiger partial charge in [0.2, 0.25) is 5.91 Å². The highest BCUT2D eigenvalue weighted by molar-refractivity contribution is 6.52. The molecule has 2 rings (SSSR count). The number of benzene rings is 1. The van der Waals surface area contributed by atoms with E-state index < -0.39 is 27.9 Å². The van der Waals surface area contributed by atoms with Crippen LogP contribution in [0.4, 0.5) is 8.78 Å². The molecule has 2 atom stereocenters. The van der Waals surface area contributed by atoms with Crippen LogP contribution in [0.1, 0.15) is 24.9 Å². The first kappa shape index (κ1) is 13.6. The molecule has 0 aromatic heterocycles. The van der Waals surface area contributed by atoms with E-state index in [1.54, 1.807) is 6.92 Å². The largest absolute Gasteiger partial charge is 0.349 e. The molecule has 0 spiro atoms. The van der Waals surface area contributed by atoms with Gasteiger partial charge < -0.3 is 5.32 Å². The van der Waals surface area contributed by atoms with Crippen LogP contribution in [-0.4, -0.2) is 10.2 Å². The molecule has 1 fully saturated rings. The first-order valence-electron chi connectivity index (χ1n) is 5.44. The lowest BCUT2D eigenvalue weighted by atomic mass is 10.1. The minimum Gasteiger partial charge on any atom is -0.349 e. The zero-order valence-corrected chi connectivity index (χ0v) is 11.0. The van der Waals surface area contributed by atoms with Gasteiger partial charge in [-0.15, -0.1) is 23.2 Å². The van der Waals surface area contributed by atoms with Crippen LogP contribution in [0.5, 0.6) is 0 Å². The summed E-state index contributed by atoms with van der Waals surface area (Å²) in [7, 11) is 0. The number of rotatable bonds is 3. The molecule has 1 N–H and O–H groups in total. The van der Waals surface area contributed by atoms with E-state index in [1.807, 2.05) is 0 Å². The van der Waals surface area contributed by atoms with Gasteiger partial charge in [0, 0.05) is 11.6 Å². The molecule has 1 aromatic carbocycles. The Morgan fingerprint density at radius 3 is 2.61 bits per heavy atom. The molecular weight excluding hydrogens is 283 g/mol. The summed E-state index contributed by atoms with van der Waals surface area (Å²) in [5.41, 5.74) is 0.222. The zero-order valence-electron chi connectivity index (χ0n) is 9.51. The molecule has 18 heavy (non-hydrogen) atoms. The second-order valence-corrected chi connectivity index (χ2v) is 5.96. The Labute approximate surface area is 113 Å². The number of hydrogen-bond donors (Lipinski definition) is 1. The van der Waals surface area contributed by atoms with Crippen LogP contribution in [0.15, 0.2) is 18.2 Å². The maximum atomic E-state index is 13.5. The summed E-state index contributed by atoms with van der Waals surface area (Å²) >= 11 is 11.5. The van der Waals surface area contributed by atoms with Crippen LogP contribution in [0, 0.1) is 17.6 Å². The molecule has 0 heterocycles. The highest BCUT2D eigenvalue weighted by atomic mass is 35.5. The quantitative estimate of drug-likeness (QED) is 0.851. The fourth-order valence-electron chi connectivity index (χ4n) is 1.74. The summed E-state index contributed by atoms with van der Waals surface area (Å²) in [6.45, 7) is 1.61. The first-order valence-corrected chi connectivity index (χ1v) is 6.20. The summed E-state index contributed by atoms with van der Waals surface area (Å²) in [6, 6.07) is 2.66. The maximum absolute atomic E-state index is 13.5. The summed E-state index contributed by atoms with van der Waals surface area (Å²) in [5.74, 6) is -2.14. The topological polar surface area (TPSA) is 29.1 Å². The first-order chi connectivity index (χ1) is 8.31. The second kappa shape index (κ2) is 4.67. The Morgan fingerprint density at radius 1 is 1.50 bits per heavy atom. The monoisotopic (exact) mass is 293 g/mol. The number of carbonyl (C=O) groups is 1. The molecule has 0 saturated heterocycles. The molecule has 1 aromatic rings. The molecule has 1 saturated carbocycles. The van der Waals surface area contributed by atoms with E-state index in [-0.39, 0.29) is 11.5 Å². The number of hydrogen-bond acceptors (Lipinski definition) is 1. The average molecular weight is 294 g/mol. The second-order valence-electron chi connectivity index (χ2n) is 4.41. The van der Waals surface area contributed by atoms with Crippen molar-refractivity contribution in [3.8, 4) is 0 Å². The fourth-order valence-corrected chi connectivity index (χ4v) is 2.25. The maximum Gasteiger partial charge on any atom is 0.226 e. The van der Waals surface area contributed by atoms with Crippen LogP contribution < -0.4 is 5.32 Å². The van der Waals surface area contributed by atoms with Crippen molar-refractivity contribution >= 4 is 29.1 Å². The summed E-state index contributed by atoms with van der Waals surface area (Å²) in [6.07, 6.45) is 0.389. The van der Waals surface area contributed by atoms with Crippen LogP contribution in [0.25, 0.3) is 0 Å². The molecule has 1 aliphatic rings. The van der Waals surface area contributed by atoms with E-state index in [4.69, 9.17) is 23.2 Å². The van der Waals surface area contributed by atoms with Gasteiger partial charge in [0.05, 0.1) is 12.0 Å². The van der Waals surface area contributed by atoms with E-state index in [0.29, 0.717) is 6.42 Å². The highest BCUT2D eigenvalue weighted by Gasteiger charge is 2.56. The predicted molar refractivity (Wildman–Crippen MR) is 65.5 cm³/mol. The number of alkyl halides is 2. The van der Waals surface area contributed by atoms with Crippen LogP contribution >= 0.6 is 23.2 Å². The Balaban J connectivity index is 2.04. The summed E-state index contributed by atoms with van der Waals surface area (Å²) < 4.78 is 25.2. The van der Waals surface area contributed by atoms with Crippen LogP contribution in [-0.2, 0) is 4.79 Å². The van der Waals surface area contributed by atoms with Gasteiger partial charge in [-0.1, -0.05) is 6.07 Å². The van der Waals surface area contributed by atoms with E-state index in [0.717, 1.165) is 12.1 Å². The van der Waals surface area contributed by atoms with E-state index in [1.165, 1.54) is 6.07 Å². The van der Waals surface area contributed by atoms with Crippen molar-refractivity contribution in [3.63, 3.8) is 0 Å². The molecule has 6 heteroatoms. The van der Waals surface area contributed by atoms with Gasteiger partial charge in [-0.25, -0.2) is 8.78 Å². The van der Waals surface area contributed by atoms with Gasteiger partial charge in [-0.3, -0.25) is 4.79 Å². The minimum absolute atomic E-state index is 0.222. The van der Waals surface area contributed by atoms with Crippen molar-refractivity contribution in [2.45, 2.75) is 23.7 Å². The summed E-state index contributed by atoms with van der Waals surface area (Å²) in [4.78, 5) is 11.7. The van der Waals surface area contributed by atoms with Gasteiger partial charge in [-0.05, 0) is 19.4 Å². The molecule has 0 aliphatic heterocycles. The van der Waals surface area contributed by atoms with Crippen molar-refractivity contribution in [2.24, 2.45) is 5.92 Å². The number of carbonyl (C=O) groups excluding carboxylic acids is 1. The molecule has 2 nitrogen and oxygen atoms in total. The average Bonchev–Trinajstić information content (AvgIpc) is 2.87. The third kappa shape index (κ3) is 2.75. The lowest BCUT2D eigenvalue weighted by molar-refractivity contribution is -0.123. The van der Waals surface area contributed by atoms with Gasteiger partial charge in [0.15, 0.2) is 0 Å². The molecule has 0 radical (unpaired) electrons. The Hall–Kier alpha value is -0.870. The molecule has 1 aliphatic carbocycles. The fraction of sp³-hybridized carbons (Fsp3) is 0.417. The van der Waals surface area contributed by atoms with Crippen molar-refractivity contribution in [1.29, 1.82) is 0 Å². The number of halogens is 4. The highest BCUT2D eigenvalue weighted by Crippen LogP contribution is 2.53. The predicted octanol–water partition coefficient (Wildman–Crippen LogP) is 3.34. The van der Waals surface area contributed by atoms with Crippen molar-refractivity contribution in [2.75, 3.05) is 0 Å². The van der Waals surface area contributed by atoms with E-state index in [9.17, 15) is 13.6 Å². The number of nitrogens with one attached hydrogen (secondary N) is 1. The molecular formula is C12H11Cl2F2NO. The van der Waals surface area contributed by atoms with Crippen molar-refractivity contribution in [3.05, 3.63) is 35.4 Å². The Bertz CT molecular complexity index is 493. The van der Waals surface area contributed by atoms with Gasteiger partial charge in [0.25, 0.3) is 0 Å². The third-order valence-electron chi connectivity index (χ3n) is 2.93. The lowest BCUT2D eigenvalue weighted by Gasteiger charge is -2.15. The van der Waals surface area contributed by atoms with E-state index in [2.05, 4.69) is 5.32 Å². The standard InChI is InChI=1S/C12H11Cl2F2NO/c1-6(8-3-2-7(15)4-10(8)16)17-11(18)9-5-12(9,13)14/h2-4,6,9H,5H2,1H3,(H,17,18). The van der Waals surface area contributed by atoms with Gasteiger partial charge in [0.1, 0.15) is 16.0 Å².